The molecule has 7 nitrogen and oxygen atoms in total. The predicted octanol–water partition coefficient (Wildman–Crippen LogP) is 2.58. The second-order valence-electron chi connectivity index (χ2n) is 6.55. The molecule has 0 N–H and O–H groups in total. The van der Waals surface area contributed by atoms with Gasteiger partial charge in [0.2, 0.25) is 5.78 Å². The highest BCUT2D eigenvalue weighted by molar-refractivity contribution is 7.90. The van der Waals surface area contributed by atoms with E-state index in [0.29, 0.717) is 12.2 Å². The van der Waals surface area contributed by atoms with Gasteiger partial charge < -0.3 is 14.0 Å². The second-order valence-corrected chi connectivity index (χ2v) is 8.53. The fourth-order valence-corrected chi connectivity index (χ4v) is 3.92. The highest BCUT2D eigenvalue weighted by Gasteiger charge is 2.21. The van der Waals surface area contributed by atoms with Gasteiger partial charge in [-0.3, -0.25) is 4.79 Å². The Morgan fingerprint density at radius 2 is 1.79 bits per heavy atom. The molecule has 0 radical (unpaired) electrons. The summed E-state index contributed by atoms with van der Waals surface area (Å²) in [6.07, 6.45) is 1.83. The van der Waals surface area contributed by atoms with Crippen molar-refractivity contribution in [1.29, 1.82) is 0 Å². The Balaban J connectivity index is 2.11. The molecular weight excluding hydrogens is 382 g/mol. The van der Waals surface area contributed by atoms with Crippen LogP contribution in [0.2, 0.25) is 0 Å². The average Bonchev–Trinajstić information content (AvgIpc) is 2.93. The van der Waals surface area contributed by atoms with Crippen LogP contribution < -0.4 is 0 Å². The Morgan fingerprint density at radius 1 is 1.11 bits per heavy atom. The average molecular weight is 407 g/mol. The maximum absolute atomic E-state index is 12.5. The minimum absolute atomic E-state index is 0.0807. The first-order valence-corrected chi connectivity index (χ1v) is 10.7. The van der Waals surface area contributed by atoms with Gasteiger partial charge in [-0.1, -0.05) is 12.1 Å². The third kappa shape index (κ3) is 5.08. The third-order valence-electron chi connectivity index (χ3n) is 4.45. The highest BCUT2D eigenvalue weighted by Crippen LogP contribution is 2.19. The first kappa shape index (κ1) is 21.8. The van der Waals surface area contributed by atoms with Gasteiger partial charge in [0.25, 0.3) is 0 Å². The van der Waals surface area contributed by atoms with Crippen LogP contribution in [0.3, 0.4) is 0 Å². The summed E-state index contributed by atoms with van der Waals surface area (Å²) >= 11 is 0. The number of ketones is 1. The molecule has 0 spiro atoms. The number of esters is 1. The van der Waals surface area contributed by atoms with E-state index >= 15 is 0 Å². The summed E-state index contributed by atoms with van der Waals surface area (Å²) in [5, 5.41) is 0. The van der Waals surface area contributed by atoms with E-state index < -0.39 is 22.4 Å². The quantitative estimate of drug-likeness (QED) is 0.360. The second kappa shape index (κ2) is 9.16. The summed E-state index contributed by atoms with van der Waals surface area (Å²) < 4.78 is 35.8. The van der Waals surface area contributed by atoms with Crippen molar-refractivity contribution in [3.05, 3.63) is 52.8 Å². The van der Waals surface area contributed by atoms with Crippen molar-refractivity contribution < 1.29 is 27.5 Å². The Morgan fingerprint density at radius 3 is 2.43 bits per heavy atom. The van der Waals surface area contributed by atoms with Crippen molar-refractivity contribution in [2.45, 2.75) is 31.7 Å². The highest BCUT2D eigenvalue weighted by atomic mass is 32.2. The Bertz CT molecular complexity index is 975. The summed E-state index contributed by atoms with van der Waals surface area (Å²) in [7, 11) is -1.95. The smallest absolute Gasteiger partial charge is 0.339 e. The number of benzene rings is 1. The van der Waals surface area contributed by atoms with E-state index in [2.05, 4.69) is 0 Å². The van der Waals surface area contributed by atoms with Crippen molar-refractivity contribution in [2.75, 3.05) is 26.6 Å². The fraction of sp³-hybridized carbons (Fsp3) is 0.400. The zero-order valence-corrected chi connectivity index (χ0v) is 17.3. The Labute approximate surface area is 165 Å². The molecule has 0 bridgehead atoms. The predicted molar refractivity (Wildman–Crippen MR) is 105 cm³/mol. The molecule has 1 heterocycles. The molecule has 0 saturated carbocycles. The lowest BCUT2D eigenvalue weighted by Gasteiger charge is -2.10. The van der Waals surface area contributed by atoms with Crippen LogP contribution in [0, 0.1) is 13.8 Å². The third-order valence-corrected chi connectivity index (χ3v) is 5.60. The summed E-state index contributed by atoms with van der Waals surface area (Å²) in [6.45, 7) is 4.63. The maximum atomic E-state index is 12.5. The van der Waals surface area contributed by atoms with E-state index in [-0.39, 0.29) is 16.2 Å². The van der Waals surface area contributed by atoms with Gasteiger partial charge in [-0.2, -0.15) is 0 Å². The van der Waals surface area contributed by atoms with E-state index in [9.17, 15) is 18.0 Å². The van der Waals surface area contributed by atoms with E-state index in [0.717, 1.165) is 30.6 Å². The molecule has 2 rings (SSSR count). The number of nitrogens with zero attached hydrogens (tertiary/aromatic N) is 1. The maximum Gasteiger partial charge on any atom is 0.339 e. The number of carbonyl (C=O) groups is 2. The fourth-order valence-electron chi connectivity index (χ4n) is 3.04. The summed E-state index contributed by atoms with van der Waals surface area (Å²) in [5.74, 6) is -1.18. The van der Waals surface area contributed by atoms with Gasteiger partial charge in [-0.05, 0) is 38.5 Å². The summed E-state index contributed by atoms with van der Waals surface area (Å²) in [4.78, 5) is 24.7. The molecule has 0 aliphatic rings. The summed E-state index contributed by atoms with van der Waals surface area (Å²) in [5.41, 5.74) is 2.14. The molecule has 0 amide bonds. The van der Waals surface area contributed by atoms with Gasteiger partial charge in [0.1, 0.15) is 0 Å². The SMILES string of the molecule is COCCCn1c(C)cc(C(=O)COC(=O)c2ccccc2S(C)(=O)=O)c1C. The van der Waals surface area contributed by atoms with E-state index in [1.807, 2.05) is 18.4 Å². The van der Waals surface area contributed by atoms with Gasteiger partial charge in [0.15, 0.2) is 16.4 Å². The normalized spacial score (nSPS) is 11.4. The summed E-state index contributed by atoms with van der Waals surface area (Å²) in [6, 6.07) is 7.53. The first-order chi connectivity index (χ1) is 13.2. The zero-order valence-electron chi connectivity index (χ0n) is 16.5. The molecular formula is C20H25NO6S. The minimum atomic E-state index is -3.59. The van der Waals surface area contributed by atoms with Crippen molar-refractivity contribution in [1.82, 2.24) is 4.57 Å². The van der Waals surface area contributed by atoms with Crippen molar-refractivity contribution >= 4 is 21.6 Å². The lowest BCUT2D eigenvalue weighted by Crippen LogP contribution is -2.17. The molecule has 1 aromatic heterocycles. The van der Waals surface area contributed by atoms with Crippen LogP contribution in [0.15, 0.2) is 35.2 Å². The number of hydrogen-bond acceptors (Lipinski definition) is 6. The number of carbonyl (C=O) groups excluding carboxylic acids is 2. The van der Waals surface area contributed by atoms with Crippen LogP contribution >= 0.6 is 0 Å². The molecule has 1 aromatic carbocycles. The van der Waals surface area contributed by atoms with Crippen LogP contribution in [0.25, 0.3) is 0 Å². The lowest BCUT2D eigenvalue weighted by atomic mass is 10.1. The number of sulfone groups is 1. The monoisotopic (exact) mass is 407 g/mol. The first-order valence-electron chi connectivity index (χ1n) is 8.82. The number of rotatable bonds is 9. The van der Waals surface area contributed by atoms with Crippen LogP contribution in [0.1, 0.15) is 38.5 Å². The molecule has 152 valence electrons. The standard InChI is InChI=1S/C20H25NO6S/c1-14-12-17(15(2)21(14)10-7-11-26-3)18(22)13-27-20(23)16-8-5-6-9-19(16)28(4,24)25/h5-6,8-9,12H,7,10-11,13H2,1-4H3. The van der Waals surface area contributed by atoms with Crippen molar-refractivity contribution in [2.24, 2.45) is 0 Å². The topological polar surface area (TPSA) is 91.7 Å². The molecule has 0 aliphatic heterocycles. The van der Waals surface area contributed by atoms with Gasteiger partial charge in [0, 0.05) is 43.5 Å². The largest absolute Gasteiger partial charge is 0.454 e. The molecule has 0 saturated heterocycles. The van der Waals surface area contributed by atoms with Crippen LogP contribution in [0.4, 0.5) is 0 Å². The molecule has 8 heteroatoms. The molecule has 0 fully saturated rings. The van der Waals surface area contributed by atoms with Gasteiger partial charge in [-0.25, -0.2) is 13.2 Å². The van der Waals surface area contributed by atoms with E-state index in [1.54, 1.807) is 19.2 Å². The van der Waals surface area contributed by atoms with Gasteiger partial charge in [0.05, 0.1) is 10.5 Å². The molecule has 28 heavy (non-hydrogen) atoms. The number of aromatic nitrogens is 1. The number of hydrogen-bond donors (Lipinski definition) is 0. The van der Waals surface area contributed by atoms with E-state index in [1.165, 1.54) is 18.2 Å². The Kier molecular flexibility index (Phi) is 7.15. The minimum Gasteiger partial charge on any atom is -0.454 e. The molecule has 0 atom stereocenters. The molecule has 0 unspecified atom stereocenters. The van der Waals surface area contributed by atoms with Crippen molar-refractivity contribution in [3.8, 4) is 0 Å². The number of methoxy groups -OCH3 is 1. The van der Waals surface area contributed by atoms with Crippen LogP contribution in [-0.2, 0) is 25.9 Å². The number of aryl methyl sites for hydroxylation is 1. The van der Waals surface area contributed by atoms with Crippen molar-refractivity contribution in [3.63, 3.8) is 0 Å². The molecule has 0 aliphatic carbocycles. The van der Waals surface area contributed by atoms with Gasteiger partial charge >= 0.3 is 5.97 Å². The van der Waals surface area contributed by atoms with Crippen LogP contribution in [0.5, 0.6) is 0 Å². The van der Waals surface area contributed by atoms with Gasteiger partial charge in [-0.15, -0.1) is 0 Å². The van der Waals surface area contributed by atoms with Crippen LogP contribution in [-0.4, -0.2) is 51.3 Å². The van der Waals surface area contributed by atoms with E-state index in [4.69, 9.17) is 9.47 Å². The Hall–Kier alpha value is -2.45. The molecule has 2 aromatic rings. The lowest BCUT2D eigenvalue weighted by molar-refractivity contribution is 0.0470. The number of Topliss-reactive ketones (excluding diaryl/α,β-unsaturated/α-hetero) is 1. The zero-order chi connectivity index (χ0) is 20.9. The number of ether oxygens (including phenoxy) is 2.